The summed E-state index contributed by atoms with van der Waals surface area (Å²) in [5, 5.41) is 34.1. The Labute approximate surface area is 258 Å². The number of unbranched alkanes of at least 4 members (excludes halogenated alkanes) is 4. The van der Waals surface area contributed by atoms with Gasteiger partial charge in [0.1, 0.15) is 17.2 Å². The van der Waals surface area contributed by atoms with Crippen LogP contribution in [-0.2, 0) is 0 Å². The van der Waals surface area contributed by atoms with Crippen LogP contribution in [-0.4, -0.2) is 15.3 Å². The van der Waals surface area contributed by atoms with Gasteiger partial charge in [-0.3, -0.25) is 0 Å². The Kier molecular flexibility index (Phi) is 16.5. The van der Waals surface area contributed by atoms with E-state index in [-0.39, 0.29) is 0 Å². The molecule has 0 saturated heterocycles. The summed E-state index contributed by atoms with van der Waals surface area (Å²) < 4.78 is 0. The average molecular weight is 577 g/mol. The van der Waals surface area contributed by atoms with Crippen molar-refractivity contribution >= 4 is 32.3 Å². The molecule has 0 radical (unpaired) electrons. The second-order valence-electron chi connectivity index (χ2n) is 10.3. The molecule has 0 atom stereocenters. The van der Waals surface area contributed by atoms with Crippen molar-refractivity contribution in [3.05, 3.63) is 127 Å². The number of rotatable bonds is 4. The van der Waals surface area contributed by atoms with Gasteiger partial charge in [-0.2, -0.15) is 0 Å². The van der Waals surface area contributed by atoms with Crippen LogP contribution in [0.4, 0.5) is 0 Å². The lowest BCUT2D eigenvalue weighted by Gasteiger charge is -1.96. The van der Waals surface area contributed by atoms with Crippen molar-refractivity contribution in [3.8, 4) is 17.2 Å². The maximum Gasteiger partial charge on any atom is 0.116 e. The lowest BCUT2D eigenvalue weighted by Crippen LogP contribution is -1.69. The second kappa shape index (κ2) is 20.4. The van der Waals surface area contributed by atoms with Crippen LogP contribution in [0, 0.1) is 0 Å². The quantitative estimate of drug-likeness (QED) is 0.196. The topological polar surface area (TPSA) is 60.7 Å². The number of fused-ring (bicyclic) bond motifs is 3. The summed E-state index contributed by atoms with van der Waals surface area (Å²) in [7, 11) is 0. The fourth-order valence-corrected chi connectivity index (χ4v) is 4.24. The summed E-state index contributed by atoms with van der Waals surface area (Å²) in [6.07, 6.45) is 8.15. The molecule has 0 saturated carbocycles. The van der Waals surface area contributed by atoms with E-state index in [9.17, 15) is 0 Å². The van der Waals surface area contributed by atoms with E-state index in [1.54, 1.807) is 36.4 Å². The molecule has 6 aromatic carbocycles. The van der Waals surface area contributed by atoms with E-state index in [0.717, 1.165) is 32.3 Å². The number of hydrogen-bond donors (Lipinski definition) is 3. The van der Waals surface area contributed by atoms with Crippen LogP contribution >= 0.6 is 0 Å². The Morgan fingerprint density at radius 2 is 0.558 bits per heavy atom. The number of aromatic hydroxyl groups is 3. The molecule has 226 valence electrons. The summed E-state index contributed by atoms with van der Waals surface area (Å²) in [4.78, 5) is 0. The Bertz CT molecular complexity index is 1410. The smallest absolute Gasteiger partial charge is 0.116 e. The molecule has 0 aliphatic carbocycles. The average Bonchev–Trinajstić information content (AvgIpc) is 3.03. The number of benzene rings is 6. The fourth-order valence-electron chi connectivity index (χ4n) is 4.24. The SMILES string of the molecule is CCCCC.CCCCC.Oc1ccc2ccccc2c1.Oc1ccc2ccccc2c1.Oc1ccc2ccccc2c1. The third-order valence-electron chi connectivity index (χ3n) is 6.61. The zero-order valence-electron chi connectivity index (χ0n) is 26.2. The zero-order valence-corrected chi connectivity index (χ0v) is 26.2. The zero-order chi connectivity index (χ0) is 31.3. The van der Waals surface area contributed by atoms with Crippen LogP contribution in [0.3, 0.4) is 0 Å². The maximum absolute atomic E-state index is 9.13. The Hall–Kier alpha value is -4.50. The van der Waals surface area contributed by atoms with Gasteiger partial charge in [0.15, 0.2) is 0 Å². The standard InChI is InChI=1S/3C10H8O.2C5H12/c3*11-10-6-5-8-3-1-2-4-9(8)7-10;2*1-3-5-4-2/h3*1-7,11H;2*3-5H2,1-2H3. The first-order valence-electron chi connectivity index (χ1n) is 15.4. The first-order chi connectivity index (χ1) is 20.9. The number of phenolic OH excluding ortho intramolecular Hbond substituents is 3. The predicted molar refractivity (Wildman–Crippen MR) is 187 cm³/mol. The highest BCUT2D eigenvalue weighted by molar-refractivity contribution is 5.85. The van der Waals surface area contributed by atoms with Crippen LogP contribution in [0.25, 0.3) is 32.3 Å². The summed E-state index contributed by atoms with van der Waals surface area (Å²) in [5.41, 5.74) is 0. The van der Waals surface area contributed by atoms with Crippen molar-refractivity contribution in [1.29, 1.82) is 0 Å². The van der Waals surface area contributed by atoms with Crippen molar-refractivity contribution < 1.29 is 15.3 Å². The molecule has 6 aromatic rings. The molecule has 0 bridgehead atoms. The lowest BCUT2D eigenvalue weighted by molar-refractivity contribution is 0.475. The van der Waals surface area contributed by atoms with E-state index in [2.05, 4.69) is 27.7 Å². The van der Waals surface area contributed by atoms with E-state index < -0.39 is 0 Å². The first-order valence-corrected chi connectivity index (χ1v) is 15.4. The molecule has 3 heteroatoms. The minimum absolute atomic E-state index is 0.323. The van der Waals surface area contributed by atoms with Gasteiger partial charge in [-0.1, -0.05) is 157 Å². The highest BCUT2D eigenvalue weighted by Crippen LogP contribution is 2.20. The van der Waals surface area contributed by atoms with Crippen molar-refractivity contribution in [3.63, 3.8) is 0 Å². The van der Waals surface area contributed by atoms with E-state index in [1.165, 1.54) is 38.5 Å². The van der Waals surface area contributed by atoms with Gasteiger partial charge in [-0.05, 0) is 68.7 Å². The van der Waals surface area contributed by atoms with Gasteiger partial charge in [0.25, 0.3) is 0 Å². The molecule has 3 nitrogen and oxygen atoms in total. The van der Waals surface area contributed by atoms with Crippen LogP contribution < -0.4 is 0 Å². The predicted octanol–water partition coefficient (Wildman–Crippen LogP) is 12.0. The van der Waals surface area contributed by atoms with Crippen molar-refractivity contribution in [1.82, 2.24) is 0 Å². The van der Waals surface area contributed by atoms with Gasteiger partial charge in [0.05, 0.1) is 0 Å². The van der Waals surface area contributed by atoms with E-state index in [4.69, 9.17) is 15.3 Å². The van der Waals surface area contributed by atoms with Gasteiger partial charge in [-0.25, -0.2) is 0 Å². The maximum atomic E-state index is 9.13. The monoisotopic (exact) mass is 576 g/mol. The molecule has 0 heterocycles. The molecule has 43 heavy (non-hydrogen) atoms. The molecular formula is C40H48O3. The van der Waals surface area contributed by atoms with Crippen LogP contribution in [0.5, 0.6) is 17.2 Å². The third kappa shape index (κ3) is 13.3. The molecule has 0 unspecified atom stereocenters. The number of phenols is 3. The molecular weight excluding hydrogens is 528 g/mol. The van der Waals surface area contributed by atoms with Crippen LogP contribution in [0.15, 0.2) is 127 Å². The second-order valence-corrected chi connectivity index (χ2v) is 10.3. The minimum atomic E-state index is 0.323. The molecule has 0 spiro atoms. The Morgan fingerprint density at radius 1 is 0.326 bits per heavy atom. The molecule has 0 aliphatic heterocycles. The van der Waals surface area contributed by atoms with Crippen molar-refractivity contribution in [2.24, 2.45) is 0 Å². The summed E-state index contributed by atoms with van der Waals surface area (Å²) in [6.45, 7) is 8.85. The van der Waals surface area contributed by atoms with Crippen LogP contribution in [0.1, 0.15) is 66.2 Å². The Balaban J connectivity index is 0.000000196. The summed E-state index contributed by atoms with van der Waals surface area (Å²) in [6, 6.07) is 39.9. The highest BCUT2D eigenvalue weighted by atomic mass is 16.3. The summed E-state index contributed by atoms with van der Waals surface area (Å²) >= 11 is 0. The van der Waals surface area contributed by atoms with Gasteiger partial charge in [0.2, 0.25) is 0 Å². The fraction of sp³-hybridized carbons (Fsp3) is 0.250. The number of hydrogen-bond acceptors (Lipinski definition) is 3. The lowest BCUT2D eigenvalue weighted by atomic mass is 10.1. The molecule has 0 aliphatic rings. The molecule has 0 amide bonds. The molecule has 0 fully saturated rings. The third-order valence-corrected chi connectivity index (χ3v) is 6.61. The van der Waals surface area contributed by atoms with Crippen molar-refractivity contribution in [2.75, 3.05) is 0 Å². The van der Waals surface area contributed by atoms with Gasteiger partial charge in [0, 0.05) is 0 Å². The van der Waals surface area contributed by atoms with Crippen LogP contribution in [0.2, 0.25) is 0 Å². The van der Waals surface area contributed by atoms with E-state index >= 15 is 0 Å². The Morgan fingerprint density at radius 3 is 0.767 bits per heavy atom. The molecule has 3 N–H and O–H groups in total. The largest absolute Gasteiger partial charge is 0.508 e. The normalized spacial score (nSPS) is 9.77. The summed E-state index contributed by atoms with van der Waals surface area (Å²) in [5.74, 6) is 0.969. The van der Waals surface area contributed by atoms with E-state index in [0.29, 0.717) is 17.2 Å². The van der Waals surface area contributed by atoms with Gasteiger partial charge >= 0.3 is 0 Å². The van der Waals surface area contributed by atoms with Gasteiger partial charge < -0.3 is 15.3 Å². The molecule has 0 aromatic heterocycles. The van der Waals surface area contributed by atoms with E-state index in [1.807, 2.05) is 91.0 Å². The first kappa shape index (κ1) is 34.7. The minimum Gasteiger partial charge on any atom is -0.508 e. The highest BCUT2D eigenvalue weighted by Gasteiger charge is 1.93. The van der Waals surface area contributed by atoms with Crippen molar-refractivity contribution in [2.45, 2.75) is 66.2 Å². The van der Waals surface area contributed by atoms with Gasteiger partial charge in [-0.15, -0.1) is 0 Å². The molecule has 6 rings (SSSR count).